The van der Waals surface area contributed by atoms with E-state index in [4.69, 9.17) is 15.2 Å². The first-order valence-electron chi connectivity index (χ1n) is 6.21. The largest absolute Gasteiger partial charge is 0.383 e. The van der Waals surface area contributed by atoms with E-state index in [0.29, 0.717) is 19.8 Å². The van der Waals surface area contributed by atoms with Gasteiger partial charge in [0.25, 0.3) is 5.91 Å². The fraction of sp³-hybridized carbons (Fsp3) is 0.538. The lowest BCUT2D eigenvalue weighted by Crippen LogP contribution is -2.43. The van der Waals surface area contributed by atoms with Crippen molar-refractivity contribution in [2.45, 2.75) is 13.0 Å². The highest BCUT2D eigenvalue weighted by Crippen LogP contribution is 2.15. The fourth-order valence-corrected chi connectivity index (χ4v) is 1.82. The maximum absolute atomic E-state index is 13.2. The number of hydrogen-bond acceptors (Lipinski definition) is 5. The number of rotatable bonds is 7. The summed E-state index contributed by atoms with van der Waals surface area (Å²) in [5.74, 6) is -0.992. The van der Waals surface area contributed by atoms with Crippen molar-refractivity contribution in [2.24, 2.45) is 0 Å². The number of halogens is 1. The van der Waals surface area contributed by atoms with Gasteiger partial charge in [-0.3, -0.25) is 4.79 Å². The molecule has 0 aliphatic carbocycles. The van der Waals surface area contributed by atoms with Crippen LogP contribution in [-0.4, -0.2) is 55.8 Å². The monoisotopic (exact) mass is 285 g/mol. The molecule has 1 amide bonds. The van der Waals surface area contributed by atoms with Crippen LogP contribution in [-0.2, 0) is 9.47 Å². The predicted octanol–water partition coefficient (Wildman–Crippen LogP) is 0.926. The number of nitrogens with zero attached hydrogens (tertiary/aromatic N) is 2. The van der Waals surface area contributed by atoms with Gasteiger partial charge >= 0.3 is 0 Å². The maximum Gasteiger partial charge on any atom is 0.258 e. The zero-order valence-electron chi connectivity index (χ0n) is 11.9. The van der Waals surface area contributed by atoms with Crippen molar-refractivity contribution in [1.29, 1.82) is 0 Å². The highest BCUT2D eigenvalue weighted by atomic mass is 19.1. The first-order chi connectivity index (χ1) is 9.51. The van der Waals surface area contributed by atoms with E-state index < -0.39 is 11.7 Å². The summed E-state index contributed by atoms with van der Waals surface area (Å²) in [4.78, 5) is 17.7. The molecule has 1 aromatic heterocycles. The van der Waals surface area contributed by atoms with Crippen molar-refractivity contribution in [1.82, 2.24) is 9.88 Å². The third kappa shape index (κ3) is 4.14. The Bertz CT molecular complexity index is 456. The lowest BCUT2D eigenvalue weighted by Gasteiger charge is -2.29. The number of hydrogen-bond donors (Lipinski definition) is 1. The lowest BCUT2D eigenvalue weighted by atomic mass is 10.2. The van der Waals surface area contributed by atoms with Crippen LogP contribution >= 0.6 is 0 Å². The summed E-state index contributed by atoms with van der Waals surface area (Å²) >= 11 is 0. The summed E-state index contributed by atoms with van der Waals surface area (Å²) in [5.41, 5.74) is 5.69. The van der Waals surface area contributed by atoms with Gasteiger partial charge in [0.15, 0.2) is 0 Å². The predicted molar refractivity (Wildman–Crippen MR) is 72.9 cm³/mol. The molecule has 0 aliphatic rings. The second kappa shape index (κ2) is 7.76. The Morgan fingerprint density at radius 2 is 2.20 bits per heavy atom. The maximum atomic E-state index is 13.2. The van der Waals surface area contributed by atoms with Gasteiger partial charge in [-0.05, 0) is 13.0 Å². The number of anilines is 1. The molecule has 2 N–H and O–H groups in total. The molecule has 0 saturated heterocycles. The molecule has 1 heterocycles. The molecule has 0 radical (unpaired) electrons. The standard InChI is InChI=1S/C13H20FN3O3/c1-9(8-20-3)17(4-5-19-2)13(18)11-6-10(14)7-16-12(11)15/h6-7,9H,4-5,8H2,1-3H3,(H2,15,16). The Morgan fingerprint density at radius 1 is 1.50 bits per heavy atom. The lowest BCUT2D eigenvalue weighted by molar-refractivity contribution is 0.0479. The van der Waals surface area contributed by atoms with E-state index >= 15 is 0 Å². The van der Waals surface area contributed by atoms with Gasteiger partial charge in [0.2, 0.25) is 0 Å². The number of carbonyl (C=O) groups is 1. The molecule has 0 aromatic carbocycles. The first kappa shape index (κ1) is 16.3. The van der Waals surface area contributed by atoms with Gasteiger partial charge in [0.05, 0.1) is 31.0 Å². The molecular formula is C13H20FN3O3. The van der Waals surface area contributed by atoms with Crippen LogP contribution in [0.15, 0.2) is 12.3 Å². The van der Waals surface area contributed by atoms with Gasteiger partial charge in [0.1, 0.15) is 11.6 Å². The molecule has 20 heavy (non-hydrogen) atoms. The molecule has 0 aliphatic heterocycles. The molecule has 6 nitrogen and oxygen atoms in total. The number of methoxy groups -OCH3 is 2. The molecular weight excluding hydrogens is 265 g/mol. The van der Waals surface area contributed by atoms with Gasteiger partial charge in [-0.15, -0.1) is 0 Å². The van der Waals surface area contributed by atoms with Crippen LogP contribution < -0.4 is 5.73 Å². The van der Waals surface area contributed by atoms with Gasteiger partial charge in [-0.2, -0.15) is 0 Å². The van der Waals surface area contributed by atoms with Crippen molar-refractivity contribution in [3.05, 3.63) is 23.6 Å². The topological polar surface area (TPSA) is 77.7 Å². The molecule has 1 atom stereocenters. The highest BCUT2D eigenvalue weighted by molar-refractivity contribution is 5.98. The van der Waals surface area contributed by atoms with E-state index in [1.54, 1.807) is 14.2 Å². The summed E-state index contributed by atoms with van der Waals surface area (Å²) in [5, 5.41) is 0. The molecule has 112 valence electrons. The van der Waals surface area contributed by atoms with Crippen molar-refractivity contribution >= 4 is 11.7 Å². The van der Waals surface area contributed by atoms with E-state index in [-0.39, 0.29) is 17.4 Å². The average molecular weight is 285 g/mol. The Labute approximate surface area is 117 Å². The minimum absolute atomic E-state index is 0.00318. The summed E-state index contributed by atoms with van der Waals surface area (Å²) in [6.45, 7) is 2.91. The minimum atomic E-state index is -0.603. The van der Waals surface area contributed by atoms with E-state index in [0.717, 1.165) is 12.3 Å². The van der Waals surface area contributed by atoms with E-state index in [1.807, 2.05) is 6.92 Å². The normalized spacial score (nSPS) is 12.2. The van der Waals surface area contributed by atoms with Crippen LogP contribution in [0.5, 0.6) is 0 Å². The molecule has 0 bridgehead atoms. The molecule has 1 unspecified atom stereocenters. The second-order valence-corrected chi connectivity index (χ2v) is 4.38. The van der Waals surface area contributed by atoms with Crippen molar-refractivity contribution < 1.29 is 18.7 Å². The van der Waals surface area contributed by atoms with Crippen LogP contribution in [0.1, 0.15) is 17.3 Å². The number of nitrogens with two attached hydrogens (primary N) is 1. The van der Waals surface area contributed by atoms with E-state index in [1.165, 1.54) is 4.90 Å². The Morgan fingerprint density at radius 3 is 2.80 bits per heavy atom. The summed E-state index contributed by atoms with van der Waals surface area (Å²) in [6.07, 6.45) is 0.976. The molecule has 1 rings (SSSR count). The van der Waals surface area contributed by atoms with E-state index in [9.17, 15) is 9.18 Å². The summed E-state index contributed by atoms with van der Waals surface area (Å²) in [7, 11) is 3.09. The van der Waals surface area contributed by atoms with Crippen LogP contribution in [0, 0.1) is 5.82 Å². The number of pyridine rings is 1. The third-order valence-corrected chi connectivity index (χ3v) is 2.85. The van der Waals surface area contributed by atoms with Gasteiger partial charge in [0, 0.05) is 20.8 Å². The van der Waals surface area contributed by atoms with Crippen LogP contribution in [0.2, 0.25) is 0 Å². The van der Waals surface area contributed by atoms with E-state index in [2.05, 4.69) is 4.98 Å². The average Bonchev–Trinajstić information content (AvgIpc) is 2.42. The Hall–Kier alpha value is -1.73. The fourth-order valence-electron chi connectivity index (χ4n) is 1.82. The third-order valence-electron chi connectivity index (χ3n) is 2.85. The van der Waals surface area contributed by atoms with Gasteiger partial charge < -0.3 is 20.1 Å². The Balaban J connectivity index is 2.99. The summed E-state index contributed by atoms with van der Waals surface area (Å²) < 4.78 is 23.3. The van der Waals surface area contributed by atoms with Gasteiger partial charge in [-0.1, -0.05) is 0 Å². The quantitative estimate of drug-likeness (QED) is 0.806. The summed E-state index contributed by atoms with van der Waals surface area (Å²) in [6, 6.07) is 0.898. The number of nitrogen functional groups attached to an aromatic ring is 1. The SMILES string of the molecule is COCCN(C(=O)c1cc(F)cnc1N)C(C)COC. The minimum Gasteiger partial charge on any atom is -0.383 e. The molecule has 0 fully saturated rings. The zero-order chi connectivity index (χ0) is 15.1. The highest BCUT2D eigenvalue weighted by Gasteiger charge is 2.23. The number of amides is 1. The smallest absolute Gasteiger partial charge is 0.258 e. The molecule has 7 heteroatoms. The number of ether oxygens (including phenoxy) is 2. The molecule has 0 saturated carbocycles. The van der Waals surface area contributed by atoms with Crippen molar-refractivity contribution in [3.63, 3.8) is 0 Å². The van der Waals surface area contributed by atoms with Crippen LogP contribution in [0.25, 0.3) is 0 Å². The first-order valence-corrected chi connectivity index (χ1v) is 6.21. The number of carbonyl (C=O) groups excluding carboxylic acids is 1. The molecule has 1 aromatic rings. The number of aromatic nitrogens is 1. The van der Waals surface area contributed by atoms with Crippen molar-refractivity contribution in [3.8, 4) is 0 Å². The van der Waals surface area contributed by atoms with Gasteiger partial charge in [-0.25, -0.2) is 9.37 Å². The van der Waals surface area contributed by atoms with Crippen LogP contribution in [0.4, 0.5) is 10.2 Å². The zero-order valence-corrected chi connectivity index (χ0v) is 11.9. The second-order valence-electron chi connectivity index (χ2n) is 4.38. The molecule has 0 spiro atoms. The Kier molecular flexibility index (Phi) is 6.33. The van der Waals surface area contributed by atoms with Crippen LogP contribution in [0.3, 0.4) is 0 Å². The van der Waals surface area contributed by atoms with Crippen molar-refractivity contribution in [2.75, 3.05) is 39.7 Å².